The number of hydrogen-bond donors (Lipinski definition) is 3. The summed E-state index contributed by atoms with van der Waals surface area (Å²) in [6.07, 6.45) is 3.69. The van der Waals surface area contributed by atoms with Gasteiger partial charge in [-0.3, -0.25) is 14.9 Å². The fraction of sp³-hybridized carbons (Fsp3) is 0.421. The highest BCUT2D eigenvalue weighted by molar-refractivity contribution is 6.30. The molecule has 0 aliphatic rings. The van der Waals surface area contributed by atoms with Gasteiger partial charge in [0, 0.05) is 29.9 Å². The van der Waals surface area contributed by atoms with Crippen molar-refractivity contribution in [1.29, 1.82) is 0 Å². The molecule has 8 heteroatoms. The van der Waals surface area contributed by atoms with Crippen LogP contribution >= 0.6 is 11.6 Å². The van der Waals surface area contributed by atoms with E-state index in [0.717, 1.165) is 5.56 Å². The van der Waals surface area contributed by atoms with Crippen LogP contribution in [0.3, 0.4) is 0 Å². The topological polar surface area (TPSA) is 104 Å². The number of benzene rings is 1. The normalized spacial score (nSPS) is 13.5. The summed E-state index contributed by atoms with van der Waals surface area (Å²) >= 11 is 6.01. The molecule has 0 fully saturated rings. The van der Waals surface area contributed by atoms with E-state index in [9.17, 15) is 19.8 Å². The zero-order valence-electron chi connectivity index (χ0n) is 15.3. The molecule has 0 saturated carbocycles. The van der Waals surface area contributed by atoms with Gasteiger partial charge in [-0.25, -0.2) is 4.98 Å². The van der Waals surface area contributed by atoms with E-state index in [0.29, 0.717) is 23.7 Å². The Balaban J connectivity index is 2.14. The molecule has 27 heavy (non-hydrogen) atoms. The molecule has 2 aromatic rings. The summed E-state index contributed by atoms with van der Waals surface area (Å²) < 4.78 is 1.83. The second-order valence-corrected chi connectivity index (χ2v) is 7.36. The second-order valence-electron chi connectivity index (χ2n) is 6.92. The van der Waals surface area contributed by atoms with Crippen LogP contribution in [0.25, 0.3) is 0 Å². The summed E-state index contributed by atoms with van der Waals surface area (Å²) in [7, 11) is 0. The summed E-state index contributed by atoms with van der Waals surface area (Å²) in [6.45, 7) is 4.29. The lowest BCUT2D eigenvalue weighted by Gasteiger charge is -2.22. The van der Waals surface area contributed by atoms with Gasteiger partial charge in [0.15, 0.2) is 0 Å². The van der Waals surface area contributed by atoms with Crippen molar-refractivity contribution in [1.82, 2.24) is 14.9 Å². The van der Waals surface area contributed by atoms with Gasteiger partial charge >= 0.3 is 11.9 Å². The van der Waals surface area contributed by atoms with Crippen LogP contribution in [-0.2, 0) is 22.6 Å². The van der Waals surface area contributed by atoms with Crippen LogP contribution in [0.5, 0.6) is 0 Å². The van der Waals surface area contributed by atoms with Crippen LogP contribution in [0.2, 0.25) is 5.02 Å². The third kappa shape index (κ3) is 6.37. The minimum atomic E-state index is -1.10. The Morgan fingerprint density at radius 3 is 2.52 bits per heavy atom. The zero-order chi connectivity index (χ0) is 20.0. The van der Waals surface area contributed by atoms with Crippen molar-refractivity contribution in [3.05, 3.63) is 53.1 Å². The van der Waals surface area contributed by atoms with Gasteiger partial charge < -0.3 is 14.8 Å². The molecule has 0 saturated heterocycles. The molecule has 0 amide bonds. The Labute approximate surface area is 163 Å². The molecule has 0 unspecified atom stereocenters. The van der Waals surface area contributed by atoms with Crippen molar-refractivity contribution in [2.24, 2.45) is 5.92 Å². The Hall–Kier alpha value is -2.38. The van der Waals surface area contributed by atoms with Crippen LogP contribution < -0.4 is 5.32 Å². The van der Waals surface area contributed by atoms with Gasteiger partial charge in [-0.05, 0) is 30.0 Å². The molecule has 1 aromatic carbocycles. The average Bonchev–Trinajstić information content (AvgIpc) is 2.99. The molecular formula is C19H24ClN3O4. The van der Waals surface area contributed by atoms with Crippen LogP contribution in [-0.4, -0.2) is 43.8 Å². The van der Waals surface area contributed by atoms with Crippen molar-refractivity contribution in [2.45, 2.75) is 45.3 Å². The Kier molecular flexibility index (Phi) is 7.38. The Morgan fingerprint density at radius 2 is 1.93 bits per heavy atom. The number of carboxylic acids is 2. The fourth-order valence-electron chi connectivity index (χ4n) is 2.87. The first-order valence-electron chi connectivity index (χ1n) is 8.71. The van der Waals surface area contributed by atoms with Crippen LogP contribution in [0.15, 0.2) is 36.8 Å². The van der Waals surface area contributed by atoms with E-state index in [-0.39, 0.29) is 12.3 Å². The number of halogens is 1. The van der Waals surface area contributed by atoms with Crippen LogP contribution in [0.1, 0.15) is 31.5 Å². The smallest absolute Gasteiger partial charge is 0.321 e. The van der Waals surface area contributed by atoms with E-state index in [1.807, 2.05) is 36.6 Å². The Morgan fingerprint density at radius 1 is 1.22 bits per heavy atom. The van der Waals surface area contributed by atoms with E-state index >= 15 is 0 Å². The van der Waals surface area contributed by atoms with Gasteiger partial charge in [0.25, 0.3) is 0 Å². The maximum Gasteiger partial charge on any atom is 0.321 e. The third-order valence-electron chi connectivity index (χ3n) is 4.16. The first-order chi connectivity index (χ1) is 12.8. The highest BCUT2D eigenvalue weighted by atomic mass is 35.5. The summed E-state index contributed by atoms with van der Waals surface area (Å²) in [6, 6.07) is 5.44. The van der Waals surface area contributed by atoms with Crippen molar-refractivity contribution in [3.63, 3.8) is 0 Å². The molecule has 0 bridgehead atoms. The molecule has 0 aliphatic heterocycles. The maximum absolute atomic E-state index is 11.7. The van der Waals surface area contributed by atoms with Gasteiger partial charge in [-0.1, -0.05) is 37.6 Å². The number of nitrogens with one attached hydrogen (secondary N) is 1. The molecule has 0 spiro atoms. The standard InChI is InChI=1S/C19H24ClN3O4/c1-12(2)6-16(18(24)25)22-17(19(26)27)8-15-9-21-11-23(15)10-13-4-3-5-14(20)7-13/h3-5,7,9,11-12,16-17,22H,6,8,10H2,1-2H3,(H,24,25)(H,26,27)/t16-,17-/m0/s1. The second kappa shape index (κ2) is 9.53. The van der Waals surface area contributed by atoms with E-state index in [1.54, 1.807) is 18.6 Å². The first-order valence-corrected chi connectivity index (χ1v) is 9.09. The summed E-state index contributed by atoms with van der Waals surface area (Å²) in [4.78, 5) is 27.2. The molecule has 0 radical (unpaired) electrons. The number of aromatic nitrogens is 2. The highest BCUT2D eigenvalue weighted by Gasteiger charge is 2.27. The van der Waals surface area contributed by atoms with Crippen molar-refractivity contribution >= 4 is 23.5 Å². The van der Waals surface area contributed by atoms with Crippen LogP contribution in [0, 0.1) is 5.92 Å². The maximum atomic E-state index is 11.7. The van der Waals surface area contributed by atoms with Crippen molar-refractivity contribution < 1.29 is 19.8 Å². The number of imidazole rings is 1. The largest absolute Gasteiger partial charge is 0.480 e. The molecule has 0 aliphatic carbocycles. The van der Waals surface area contributed by atoms with Gasteiger partial charge in [0.1, 0.15) is 12.1 Å². The van der Waals surface area contributed by atoms with Gasteiger partial charge in [0.2, 0.25) is 0 Å². The highest BCUT2D eigenvalue weighted by Crippen LogP contribution is 2.14. The quantitative estimate of drug-likeness (QED) is 0.573. The number of rotatable bonds is 10. The number of hydrogen-bond acceptors (Lipinski definition) is 4. The molecule has 3 N–H and O–H groups in total. The lowest BCUT2D eigenvalue weighted by Crippen LogP contribution is -2.49. The molecule has 2 rings (SSSR count). The number of carboxylic acid groups (broad SMARTS) is 2. The number of aliphatic carboxylic acids is 2. The minimum absolute atomic E-state index is 0.123. The van der Waals surface area contributed by atoms with Crippen LogP contribution in [0.4, 0.5) is 0 Å². The van der Waals surface area contributed by atoms with Gasteiger partial charge in [-0.2, -0.15) is 0 Å². The van der Waals surface area contributed by atoms with Gasteiger partial charge in [-0.15, -0.1) is 0 Å². The molecule has 2 atom stereocenters. The number of carbonyl (C=O) groups is 2. The predicted octanol–water partition coefficient (Wildman–Crippen LogP) is 2.67. The molecule has 146 valence electrons. The molecule has 7 nitrogen and oxygen atoms in total. The monoisotopic (exact) mass is 393 g/mol. The van der Waals surface area contributed by atoms with Crippen molar-refractivity contribution in [3.8, 4) is 0 Å². The zero-order valence-corrected chi connectivity index (χ0v) is 16.1. The third-order valence-corrected chi connectivity index (χ3v) is 4.39. The van der Waals surface area contributed by atoms with E-state index < -0.39 is 24.0 Å². The van der Waals surface area contributed by atoms with E-state index in [2.05, 4.69) is 10.3 Å². The number of nitrogens with zero attached hydrogens (tertiary/aromatic N) is 2. The Bertz CT molecular complexity index is 791. The molecule has 1 heterocycles. The van der Waals surface area contributed by atoms with Crippen molar-refractivity contribution in [2.75, 3.05) is 0 Å². The predicted molar refractivity (Wildman–Crippen MR) is 102 cm³/mol. The lowest BCUT2D eigenvalue weighted by molar-refractivity contribution is -0.142. The van der Waals surface area contributed by atoms with E-state index in [4.69, 9.17) is 11.6 Å². The summed E-state index contributed by atoms with van der Waals surface area (Å²) in [5.74, 6) is -2.02. The molecule has 1 aromatic heterocycles. The molecular weight excluding hydrogens is 370 g/mol. The summed E-state index contributed by atoms with van der Waals surface area (Å²) in [5, 5.41) is 22.3. The fourth-order valence-corrected chi connectivity index (χ4v) is 3.09. The van der Waals surface area contributed by atoms with Gasteiger partial charge in [0.05, 0.1) is 6.33 Å². The average molecular weight is 394 g/mol. The first kappa shape index (κ1) is 20.9. The minimum Gasteiger partial charge on any atom is -0.480 e. The van der Waals surface area contributed by atoms with E-state index in [1.165, 1.54) is 0 Å². The summed E-state index contributed by atoms with van der Waals surface area (Å²) in [5.41, 5.74) is 1.66. The SMILES string of the molecule is CC(C)C[C@H](N[C@@H](Cc1cncn1Cc1cccc(Cl)c1)C(=O)O)C(=O)O. The lowest BCUT2D eigenvalue weighted by atomic mass is 10.0.